The fourth-order valence-corrected chi connectivity index (χ4v) is 1.41. The number of carboxylic acid groups (broad SMARTS) is 1. The maximum Gasteiger partial charge on any atom is 0.407 e. The molecule has 1 atom stereocenters. The third kappa shape index (κ3) is 2.59. The van der Waals surface area contributed by atoms with Crippen molar-refractivity contribution >= 4 is 6.09 Å². The molecule has 1 amide bonds. The third-order valence-corrected chi connectivity index (χ3v) is 2.38. The van der Waals surface area contributed by atoms with Crippen LogP contribution in [0.3, 0.4) is 0 Å². The highest BCUT2D eigenvalue weighted by Gasteiger charge is 2.31. The van der Waals surface area contributed by atoms with Gasteiger partial charge in [0.25, 0.3) is 0 Å². The molecule has 0 aromatic rings. The fraction of sp³-hybridized carbons (Fsp3) is 0.889. The van der Waals surface area contributed by atoms with Crippen LogP contribution in [-0.2, 0) is 0 Å². The molecule has 1 heterocycles. The molecular weight excluding hydrogens is 168 g/mol. The Morgan fingerprint density at radius 3 is 2.62 bits per heavy atom. The van der Waals surface area contributed by atoms with Gasteiger partial charge < -0.3 is 10.0 Å². The van der Waals surface area contributed by atoms with Crippen LogP contribution in [-0.4, -0.2) is 41.8 Å². The summed E-state index contributed by atoms with van der Waals surface area (Å²) in [5.41, 5.74) is 0.0636. The van der Waals surface area contributed by atoms with E-state index in [1.54, 1.807) is 0 Å². The topological polar surface area (TPSA) is 54.6 Å². The summed E-state index contributed by atoms with van der Waals surface area (Å²) >= 11 is 0. The molecule has 0 aromatic carbocycles. The van der Waals surface area contributed by atoms with E-state index in [0.717, 1.165) is 0 Å². The lowest BCUT2D eigenvalue weighted by Crippen LogP contribution is -2.53. The zero-order valence-electron chi connectivity index (χ0n) is 8.45. The van der Waals surface area contributed by atoms with Crippen LogP contribution in [0.2, 0.25) is 0 Å². The molecule has 1 fully saturated rings. The van der Waals surface area contributed by atoms with E-state index in [1.165, 1.54) is 4.90 Å². The summed E-state index contributed by atoms with van der Waals surface area (Å²) in [7, 11) is 0. The predicted molar refractivity (Wildman–Crippen MR) is 49.8 cm³/mol. The van der Waals surface area contributed by atoms with Gasteiger partial charge in [0.2, 0.25) is 0 Å². The Morgan fingerprint density at radius 1 is 1.54 bits per heavy atom. The molecule has 4 nitrogen and oxygen atoms in total. The van der Waals surface area contributed by atoms with Crippen LogP contribution < -0.4 is 5.32 Å². The Kier molecular flexibility index (Phi) is 2.81. The Hall–Kier alpha value is -0.770. The summed E-state index contributed by atoms with van der Waals surface area (Å²) in [4.78, 5) is 12.2. The number of nitrogens with zero attached hydrogens (tertiary/aromatic N) is 2. The van der Waals surface area contributed by atoms with Crippen molar-refractivity contribution in [3.63, 3.8) is 0 Å². The van der Waals surface area contributed by atoms with Crippen LogP contribution in [0.5, 0.6) is 0 Å². The lowest BCUT2D eigenvalue weighted by atomic mass is 9.85. The number of carbonyl (C=O) groups is 1. The molecule has 0 saturated carbocycles. The van der Waals surface area contributed by atoms with Gasteiger partial charge in [-0.2, -0.15) is 0 Å². The van der Waals surface area contributed by atoms with Gasteiger partial charge in [0.1, 0.15) is 0 Å². The lowest BCUT2D eigenvalue weighted by molar-refractivity contribution is 0.105. The van der Waals surface area contributed by atoms with Gasteiger partial charge in [-0.1, -0.05) is 20.8 Å². The van der Waals surface area contributed by atoms with Crippen molar-refractivity contribution < 1.29 is 9.90 Å². The van der Waals surface area contributed by atoms with E-state index < -0.39 is 6.09 Å². The monoisotopic (exact) mass is 185 g/mol. The van der Waals surface area contributed by atoms with Crippen molar-refractivity contribution in [3.8, 4) is 0 Å². The maximum atomic E-state index is 10.7. The van der Waals surface area contributed by atoms with Crippen LogP contribution in [0.25, 0.3) is 0 Å². The summed E-state index contributed by atoms with van der Waals surface area (Å²) in [5.74, 6) is 0. The van der Waals surface area contributed by atoms with Crippen molar-refractivity contribution in [3.05, 3.63) is 0 Å². The first-order chi connectivity index (χ1) is 5.91. The van der Waals surface area contributed by atoms with Crippen LogP contribution in [0.1, 0.15) is 20.8 Å². The Morgan fingerprint density at radius 2 is 2.15 bits per heavy atom. The average molecular weight is 185 g/mol. The van der Waals surface area contributed by atoms with Crippen molar-refractivity contribution in [2.45, 2.75) is 26.8 Å². The van der Waals surface area contributed by atoms with Crippen LogP contribution in [0, 0.1) is 5.41 Å². The second kappa shape index (κ2) is 3.54. The molecule has 13 heavy (non-hydrogen) atoms. The molecule has 0 bridgehead atoms. The summed E-state index contributed by atoms with van der Waals surface area (Å²) in [6.07, 6.45) is -0.829. The van der Waals surface area contributed by atoms with Crippen molar-refractivity contribution in [2.24, 2.45) is 5.41 Å². The molecular formula is C9H17N2O2. The molecule has 1 unspecified atom stereocenters. The van der Waals surface area contributed by atoms with Crippen LogP contribution in [0.15, 0.2) is 0 Å². The molecule has 75 valence electrons. The first-order valence-electron chi connectivity index (χ1n) is 4.56. The Labute approximate surface area is 78.9 Å². The van der Waals surface area contributed by atoms with E-state index in [-0.39, 0.29) is 11.5 Å². The van der Waals surface area contributed by atoms with Gasteiger partial charge in [0.15, 0.2) is 0 Å². The molecule has 0 aliphatic carbocycles. The minimum Gasteiger partial charge on any atom is -0.465 e. The average Bonchev–Trinajstić information content (AvgIpc) is 2.03. The highest BCUT2D eigenvalue weighted by atomic mass is 16.4. The molecule has 1 radical (unpaired) electrons. The zero-order chi connectivity index (χ0) is 10.1. The van der Waals surface area contributed by atoms with Crippen molar-refractivity contribution in [2.75, 3.05) is 19.6 Å². The van der Waals surface area contributed by atoms with E-state index in [0.29, 0.717) is 19.6 Å². The second-order valence-electron chi connectivity index (χ2n) is 4.52. The zero-order valence-corrected chi connectivity index (χ0v) is 8.45. The maximum absolute atomic E-state index is 10.7. The first kappa shape index (κ1) is 10.3. The first-order valence-corrected chi connectivity index (χ1v) is 4.56. The summed E-state index contributed by atoms with van der Waals surface area (Å²) in [6.45, 7) is 7.99. The second-order valence-corrected chi connectivity index (χ2v) is 4.52. The normalized spacial score (nSPS) is 24.5. The number of hydrogen-bond acceptors (Lipinski definition) is 1. The van der Waals surface area contributed by atoms with Crippen LogP contribution >= 0.6 is 0 Å². The van der Waals surface area contributed by atoms with E-state index in [9.17, 15) is 4.79 Å². The highest BCUT2D eigenvalue weighted by Crippen LogP contribution is 2.22. The van der Waals surface area contributed by atoms with Gasteiger partial charge in [-0.3, -0.25) is 0 Å². The number of amides is 1. The highest BCUT2D eigenvalue weighted by molar-refractivity contribution is 5.65. The summed E-state index contributed by atoms with van der Waals surface area (Å²) in [6, 6.07) is 0.136. The number of rotatable bonds is 0. The van der Waals surface area contributed by atoms with Gasteiger partial charge in [0.05, 0.1) is 0 Å². The molecule has 1 aliphatic heterocycles. The quantitative estimate of drug-likeness (QED) is 0.612. The third-order valence-electron chi connectivity index (χ3n) is 2.38. The minimum absolute atomic E-state index is 0.0636. The summed E-state index contributed by atoms with van der Waals surface area (Å²) < 4.78 is 0. The predicted octanol–water partition coefficient (Wildman–Crippen LogP) is 0.999. The number of hydrogen-bond donors (Lipinski definition) is 1. The van der Waals surface area contributed by atoms with Gasteiger partial charge >= 0.3 is 6.09 Å². The van der Waals surface area contributed by atoms with E-state index in [1.807, 2.05) is 0 Å². The van der Waals surface area contributed by atoms with E-state index in [2.05, 4.69) is 26.1 Å². The Balaban J connectivity index is 2.57. The van der Waals surface area contributed by atoms with Crippen molar-refractivity contribution in [1.82, 2.24) is 10.2 Å². The molecule has 1 rings (SSSR count). The standard InChI is InChI=1S/C9H17N2O2/c1-9(2,3)7-6-11(8(12)13)5-4-10-7/h7H,4-6H2,1-3H3,(H,12,13). The molecule has 4 heteroatoms. The van der Waals surface area contributed by atoms with Gasteiger partial charge in [-0.15, -0.1) is 0 Å². The SMILES string of the molecule is CC(C)(C)C1CN(C(=O)O)CC[N]1. The molecule has 0 spiro atoms. The largest absolute Gasteiger partial charge is 0.465 e. The summed E-state index contributed by atoms with van der Waals surface area (Å²) in [5, 5.41) is 13.2. The molecule has 1 N–H and O–H groups in total. The molecule has 0 aromatic heterocycles. The van der Waals surface area contributed by atoms with Gasteiger partial charge in [0, 0.05) is 25.7 Å². The smallest absolute Gasteiger partial charge is 0.407 e. The van der Waals surface area contributed by atoms with E-state index >= 15 is 0 Å². The lowest BCUT2D eigenvalue weighted by Gasteiger charge is -2.37. The van der Waals surface area contributed by atoms with E-state index in [4.69, 9.17) is 5.11 Å². The van der Waals surface area contributed by atoms with Gasteiger partial charge in [-0.25, -0.2) is 10.1 Å². The van der Waals surface area contributed by atoms with Crippen molar-refractivity contribution in [1.29, 1.82) is 0 Å². The Bertz CT molecular complexity index is 198. The number of piperazine rings is 1. The molecule has 1 saturated heterocycles. The van der Waals surface area contributed by atoms with Gasteiger partial charge in [-0.05, 0) is 5.41 Å². The minimum atomic E-state index is -0.829. The van der Waals surface area contributed by atoms with Crippen LogP contribution in [0.4, 0.5) is 4.79 Å². The molecule has 1 aliphatic rings. The fourth-order valence-electron chi connectivity index (χ4n) is 1.41.